The Morgan fingerprint density at radius 3 is 2.53 bits per heavy atom. The molecule has 17 heavy (non-hydrogen) atoms. The van der Waals surface area contributed by atoms with Gasteiger partial charge in [0.15, 0.2) is 0 Å². The molecule has 0 heterocycles. The first-order chi connectivity index (χ1) is 7.90. The Labute approximate surface area is 115 Å². The van der Waals surface area contributed by atoms with Crippen molar-refractivity contribution in [2.75, 3.05) is 27.7 Å². The van der Waals surface area contributed by atoms with Crippen LogP contribution < -0.4 is 0 Å². The first-order valence-electron chi connectivity index (χ1n) is 5.22. The molecular formula is C12H16BrClN2O. The second-order valence-corrected chi connectivity index (χ2v) is 5.52. The van der Waals surface area contributed by atoms with E-state index in [0.717, 1.165) is 10.0 Å². The predicted octanol–water partition coefficient (Wildman–Crippen LogP) is 2.62. The summed E-state index contributed by atoms with van der Waals surface area (Å²) in [6, 6.07) is 5.77. The molecule has 0 aliphatic carbocycles. The molecule has 0 unspecified atom stereocenters. The standard InChI is InChI=1S/C12H16BrClN2O/c1-15(2)12(17)8-16(3)7-9-4-5-10(13)6-11(9)14/h4-6H,7-8H2,1-3H3. The summed E-state index contributed by atoms with van der Waals surface area (Å²) in [4.78, 5) is 15.1. The maximum Gasteiger partial charge on any atom is 0.236 e. The number of hydrogen-bond donors (Lipinski definition) is 0. The zero-order chi connectivity index (χ0) is 13.0. The Kier molecular flexibility index (Phi) is 5.43. The van der Waals surface area contributed by atoms with Crippen molar-refractivity contribution in [1.29, 1.82) is 0 Å². The number of benzene rings is 1. The van der Waals surface area contributed by atoms with Crippen LogP contribution in [-0.2, 0) is 11.3 Å². The Bertz CT molecular complexity index is 409. The minimum Gasteiger partial charge on any atom is -0.348 e. The molecule has 0 aliphatic rings. The van der Waals surface area contributed by atoms with Crippen LogP contribution in [0.15, 0.2) is 22.7 Å². The van der Waals surface area contributed by atoms with E-state index in [1.807, 2.05) is 30.1 Å². The van der Waals surface area contributed by atoms with Gasteiger partial charge in [0.05, 0.1) is 6.54 Å². The van der Waals surface area contributed by atoms with E-state index in [4.69, 9.17) is 11.6 Å². The summed E-state index contributed by atoms with van der Waals surface area (Å²) < 4.78 is 0.957. The number of likely N-dealkylation sites (N-methyl/N-ethyl adjacent to an activating group) is 2. The predicted molar refractivity (Wildman–Crippen MR) is 74.2 cm³/mol. The van der Waals surface area contributed by atoms with Crippen molar-refractivity contribution in [1.82, 2.24) is 9.80 Å². The van der Waals surface area contributed by atoms with Crippen LogP contribution in [0, 0.1) is 0 Å². The molecule has 1 rings (SSSR count). The molecule has 0 fully saturated rings. The number of carbonyl (C=O) groups excluding carboxylic acids is 1. The summed E-state index contributed by atoms with van der Waals surface area (Å²) in [5.41, 5.74) is 1.02. The molecule has 0 bridgehead atoms. The van der Waals surface area contributed by atoms with Crippen LogP contribution in [0.4, 0.5) is 0 Å². The molecule has 0 N–H and O–H groups in total. The summed E-state index contributed by atoms with van der Waals surface area (Å²) in [5, 5.41) is 0.712. The highest BCUT2D eigenvalue weighted by molar-refractivity contribution is 9.10. The molecule has 0 saturated heterocycles. The molecule has 0 radical (unpaired) electrons. The summed E-state index contributed by atoms with van der Waals surface area (Å²) in [6.07, 6.45) is 0. The lowest BCUT2D eigenvalue weighted by Crippen LogP contribution is -2.34. The van der Waals surface area contributed by atoms with Gasteiger partial charge in [0, 0.05) is 30.1 Å². The maximum atomic E-state index is 11.5. The number of carbonyl (C=O) groups is 1. The lowest BCUT2D eigenvalue weighted by atomic mass is 10.2. The second kappa shape index (κ2) is 6.38. The van der Waals surface area contributed by atoms with Gasteiger partial charge >= 0.3 is 0 Å². The first kappa shape index (κ1) is 14.5. The third-order valence-corrected chi connectivity index (χ3v) is 3.20. The highest BCUT2D eigenvalue weighted by atomic mass is 79.9. The fourth-order valence-electron chi connectivity index (χ4n) is 1.37. The molecule has 3 nitrogen and oxygen atoms in total. The average molecular weight is 320 g/mol. The van der Waals surface area contributed by atoms with Crippen LogP contribution in [0.1, 0.15) is 5.56 Å². The van der Waals surface area contributed by atoms with Gasteiger partial charge in [0.25, 0.3) is 0 Å². The molecule has 0 spiro atoms. The molecule has 0 aromatic heterocycles. The second-order valence-electron chi connectivity index (χ2n) is 4.20. The van der Waals surface area contributed by atoms with Gasteiger partial charge in [-0.1, -0.05) is 33.6 Å². The number of hydrogen-bond acceptors (Lipinski definition) is 2. The van der Waals surface area contributed by atoms with Crippen LogP contribution in [0.25, 0.3) is 0 Å². The fraction of sp³-hybridized carbons (Fsp3) is 0.417. The molecule has 1 amide bonds. The first-order valence-corrected chi connectivity index (χ1v) is 6.40. The molecular weight excluding hydrogens is 304 g/mol. The van der Waals surface area contributed by atoms with Gasteiger partial charge in [-0.3, -0.25) is 9.69 Å². The lowest BCUT2D eigenvalue weighted by molar-refractivity contribution is -0.129. The van der Waals surface area contributed by atoms with E-state index in [9.17, 15) is 4.79 Å². The molecule has 0 saturated carbocycles. The Balaban J connectivity index is 2.62. The molecule has 0 aliphatic heterocycles. The quantitative estimate of drug-likeness (QED) is 0.852. The highest BCUT2D eigenvalue weighted by Crippen LogP contribution is 2.22. The van der Waals surface area contributed by atoms with E-state index in [1.54, 1.807) is 19.0 Å². The van der Waals surface area contributed by atoms with Crippen LogP contribution in [0.2, 0.25) is 5.02 Å². The third-order valence-electron chi connectivity index (χ3n) is 2.36. The van der Waals surface area contributed by atoms with E-state index < -0.39 is 0 Å². The number of rotatable bonds is 4. The molecule has 5 heteroatoms. The molecule has 1 aromatic rings. The topological polar surface area (TPSA) is 23.6 Å². The summed E-state index contributed by atoms with van der Waals surface area (Å²) in [6.45, 7) is 1.05. The van der Waals surface area contributed by atoms with E-state index >= 15 is 0 Å². The summed E-state index contributed by atoms with van der Waals surface area (Å²) in [5.74, 6) is 0.0840. The third kappa shape index (κ3) is 4.66. The van der Waals surface area contributed by atoms with Crippen molar-refractivity contribution in [3.63, 3.8) is 0 Å². The van der Waals surface area contributed by atoms with E-state index in [0.29, 0.717) is 18.1 Å². The normalized spacial score (nSPS) is 10.7. The van der Waals surface area contributed by atoms with E-state index in [1.165, 1.54) is 0 Å². The highest BCUT2D eigenvalue weighted by Gasteiger charge is 2.10. The number of amides is 1. The molecule has 0 atom stereocenters. The van der Waals surface area contributed by atoms with Gasteiger partial charge in [-0.25, -0.2) is 0 Å². The minimum absolute atomic E-state index is 0.0840. The van der Waals surface area contributed by atoms with Gasteiger partial charge in [-0.2, -0.15) is 0 Å². The van der Waals surface area contributed by atoms with E-state index in [-0.39, 0.29) is 5.91 Å². The Morgan fingerprint density at radius 2 is 2.00 bits per heavy atom. The largest absolute Gasteiger partial charge is 0.348 e. The van der Waals surface area contributed by atoms with Gasteiger partial charge in [0.1, 0.15) is 0 Å². The number of nitrogens with zero attached hydrogens (tertiary/aromatic N) is 2. The van der Waals surface area contributed by atoms with Crippen LogP contribution in [0.5, 0.6) is 0 Å². The van der Waals surface area contributed by atoms with Crippen LogP contribution in [0.3, 0.4) is 0 Å². The zero-order valence-corrected chi connectivity index (χ0v) is 12.5. The van der Waals surface area contributed by atoms with Gasteiger partial charge in [-0.05, 0) is 24.7 Å². The Morgan fingerprint density at radius 1 is 1.35 bits per heavy atom. The van der Waals surface area contributed by atoms with Crippen molar-refractivity contribution >= 4 is 33.4 Å². The van der Waals surface area contributed by atoms with Gasteiger partial charge < -0.3 is 4.90 Å². The van der Waals surface area contributed by atoms with Gasteiger partial charge in [0.2, 0.25) is 5.91 Å². The molecule has 1 aromatic carbocycles. The van der Waals surface area contributed by atoms with Crippen molar-refractivity contribution in [2.45, 2.75) is 6.54 Å². The SMILES string of the molecule is CN(CC(=O)N(C)C)Cc1ccc(Br)cc1Cl. The number of halogens is 2. The van der Waals surface area contributed by atoms with Crippen molar-refractivity contribution in [3.05, 3.63) is 33.3 Å². The van der Waals surface area contributed by atoms with Crippen LogP contribution in [-0.4, -0.2) is 43.4 Å². The maximum absolute atomic E-state index is 11.5. The summed E-state index contributed by atoms with van der Waals surface area (Å²) >= 11 is 9.48. The zero-order valence-electron chi connectivity index (χ0n) is 10.2. The van der Waals surface area contributed by atoms with Gasteiger partial charge in [-0.15, -0.1) is 0 Å². The fourth-order valence-corrected chi connectivity index (χ4v) is 2.10. The van der Waals surface area contributed by atoms with Crippen molar-refractivity contribution in [3.8, 4) is 0 Å². The van der Waals surface area contributed by atoms with Crippen LogP contribution >= 0.6 is 27.5 Å². The summed E-state index contributed by atoms with van der Waals surface area (Å²) in [7, 11) is 5.41. The smallest absolute Gasteiger partial charge is 0.236 e. The van der Waals surface area contributed by atoms with Crippen molar-refractivity contribution < 1.29 is 4.79 Å². The minimum atomic E-state index is 0.0840. The lowest BCUT2D eigenvalue weighted by Gasteiger charge is -2.19. The van der Waals surface area contributed by atoms with Crippen molar-refractivity contribution in [2.24, 2.45) is 0 Å². The molecule has 94 valence electrons. The van der Waals surface area contributed by atoms with E-state index in [2.05, 4.69) is 15.9 Å². The average Bonchev–Trinajstić information content (AvgIpc) is 2.22. The Hall–Kier alpha value is -0.580. The monoisotopic (exact) mass is 318 g/mol.